The first-order valence-electron chi connectivity index (χ1n) is 3.87. The van der Waals surface area contributed by atoms with E-state index in [2.05, 4.69) is 13.8 Å². The summed E-state index contributed by atoms with van der Waals surface area (Å²) in [6, 6.07) is 4.95. The number of hydrogen-bond acceptors (Lipinski definition) is 0. The van der Waals surface area contributed by atoms with Crippen LogP contribution in [0.3, 0.4) is 0 Å². The van der Waals surface area contributed by atoms with E-state index in [1.807, 2.05) is 13.0 Å². The van der Waals surface area contributed by atoms with Crippen molar-refractivity contribution in [1.29, 1.82) is 0 Å². The third kappa shape index (κ3) is 1.79. The summed E-state index contributed by atoms with van der Waals surface area (Å²) in [6.07, 6.45) is 0. The monoisotopic (exact) mass is 152 g/mol. The Kier molecular flexibility index (Phi) is 2.28. The highest BCUT2D eigenvalue weighted by molar-refractivity contribution is 5.28. The molecule has 0 radical (unpaired) electrons. The van der Waals surface area contributed by atoms with Gasteiger partial charge in [-0.2, -0.15) is 0 Å². The average Bonchev–Trinajstić information content (AvgIpc) is 1.85. The van der Waals surface area contributed by atoms with Crippen molar-refractivity contribution in [2.24, 2.45) is 0 Å². The molecule has 1 rings (SSSR count). The summed E-state index contributed by atoms with van der Waals surface area (Å²) >= 11 is 0. The number of halogens is 1. The highest BCUT2D eigenvalue weighted by Gasteiger charge is 2.02. The van der Waals surface area contributed by atoms with Gasteiger partial charge < -0.3 is 0 Å². The molecule has 0 nitrogen and oxygen atoms in total. The maximum absolute atomic E-state index is 12.6. The number of rotatable bonds is 1. The maximum Gasteiger partial charge on any atom is 0.123 e. The molecule has 0 amide bonds. The third-order valence-corrected chi connectivity index (χ3v) is 1.85. The Balaban J connectivity index is 3.09. The molecule has 0 aliphatic carbocycles. The fraction of sp³-hybridized carbons (Fsp3) is 0.400. The van der Waals surface area contributed by atoms with E-state index in [9.17, 15) is 4.39 Å². The lowest BCUT2D eigenvalue weighted by atomic mass is 9.98. The molecule has 11 heavy (non-hydrogen) atoms. The molecule has 0 atom stereocenters. The van der Waals surface area contributed by atoms with Gasteiger partial charge in [0.25, 0.3) is 0 Å². The first kappa shape index (κ1) is 8.25. The lowest BCUT2D eigenvalue weighted by Gasteiger charge is -2.08. The maximum atomic E-state index is 12.6. The Morgan fingerprint density at radius 3 is 2.36 bits per heavy atom. The van der Waals surface area contributed by atoms with Crippen LogP contribution in [0.25, 0.3) is 0 Å². The molecule has 0 saturated heterocycles. The summed E-state index contributed by atoms with van der Waals surface area (Å²) in [7, 11) is 0. The predicted octanol–water partition coefficient (Wildman–Crippen LogP) is 3.26. The summed E-state index contributed by atoms with van der Waals surface area (Å²) < 4.78 is 12.6. The van der Waals surface area contributed by atoms with Crippen LogP contribution in [0.5, 0.6) is 0 Å². The molecule has 0 saturated carbocycles. The van der Waals surface area contributed by atoms with E-state index in [4.69, 9.17) is 0 Å². The quantitative estimate of drug-likeness (QED) is 0.579. The van der Waals surface area contributed by atoms with E-state index in [1.165, 1.54) is 11.6 Å². The van der Waals surface area contributed by atoms with Crippen LogP contribution in [0, 0.1) is 12.7 Å². The second-order valence-electron chi connectivity index (χ2n) is 3.16. The van der Waals surface area contributed by atoms with Crippen LogP contribution in [0.2, 0.25) is 0 Å². The van der Waals surface area contributed by atoms with Crippen molar-refractivity contribution >= 4 is 0 Å². The first-order chi connectivity index (χ1) is 5.11. The van der Waals surface area contributed by atoms with Gasteiger partial charge in [-0.3, -0.25) is 0 Å². The van der Waals surface area contributed by atoms with Crippen LogP contribution >= 0.6 is 0 Å². The van der Waals surface area contributed by atoms with E-state index < -0.39 is 0 Å². The van der Waals surface area contributed by atoms with Crippen molar-refractivity contribution in [2.45, 2.75) is 26.7 Å². The molecule has 1 aromatic rings. The molecule has 0 spiro atoms. The number of benzene rings is 1. The van der Waals surface area contributed by atoms with Gasteiger partial charge in [-0.25, -0.2) is 4.39 Å². The van der Waals surface area contributed by atoms with Crippen molar-refractivity contribution in [3.63, 3.8) is 0 Å². The molecule has 0 aliphatic heterocycles. The smallest absolute Gasteiger partial charge is 0.123 e. The summed E-state index contributed by atoms with van der Waals surface area (Å²) in [6.45, 7) is 6.17. The molecular formula is C10H13F. The lowest BCUT2D eigenvalue weighted by molar-refractivity contribution is 0.624. The fourth-order valence-electron chi connectivity index (χ4n) is 1.29. The minimum atomic E-state index is -0.146. The van der Waals surface area contributed by atoms with Crippen LogP contribution in [0.4, 0.5) is 4.39 Å². The standard InChI is InChI=1S/C10H13F/c1-7(2)10-5-4-9(11)6-8(10)3/h4-7H,1-3H3. The molecule has 0 bridgehead atoms. The molecule has 0 N–H and O–H groups in total. The molecule has 0 fully saturated rings. The van der Waals surface area contributed by atoms with Gasteiger partial charge in [0.2, 0.25) is 0 Å². The topological polar surface area (TPSA) is 0 Å². The van der Waals surface area contributed by atoms with Crippen LogP contribution < -0.4 is 0 Å². The van der Waals surface area contributed by atoms with E-state index >= 15 is 0 Å². The predicted molar refractivity (Wildman–Crippen MR) is 45.2 cm³/mol. The first-order valence-corrected chi connectivity index (χ1v) is 3.87. The van der Waals surface area contributed by atoms with Crippen molar-refractivity contribution in [3.05, 3.63) is 35.1 Å². The molecule has 1 aromatic carbocycles. The SMILES string of the molecule is Cc1cc(F)ccc1C(C)C. The van der Waals surface area contributed by atoms with Gasteiger partial charge in [-0.05, 0) is 36.1 Å². The molecule has 0 aromatic heterocycles. The summed E-state index contributed by atoms with van der Waals surface area (Å²) in [5, 5.41) is 0. The van der Waals surface area contributed by atoms with Gasteiger partial charge in [0.1, 0.15) is 5.82 Å². The Labute approximate surface area is 67.1 Å². The van der Waals surface area contributed by atoms with E-state index in [0.29, 0.717) is 5.92 Å². The summed E-state index contributed by atoms with van der Waals surface area (Å²) in [5.74, 6) is 0.336. The molecular weight excluding hydrogens is 139 g/mol. The van der Waals surface area contributed by atoms with Crippen molar-refractivity contribution in [2.75, 3.05) is 0 Å². The Morgan fingerprint density at radius 2 is 1.91 bits per heavy atom. The number of aryl methyl sites for hydroxylation is 1. The number of hydrogen-bond donors (Lipinski definition) is 0. The van der Waals surface area contributed by atoms with Crippen molar-refractivity contribution < 1.29 is 4.39 Å². The largest absolute Gasteiger partial charge is 0.207 e. The van der Waals surface area contributed by atoms with Gasteiger partial charge in [0.05, 0.1) is 0 Å². The van der Waals surface area contributed by atoms with E-state index in [0.717, 1.165) is 5.56 Å². The molecule has 1 heteroatoms. The molecule has 0 unspecified atom stereocenters. The fourth-order valence-corrected chi connectivity index (χ4v) is 1.29. The Hall–Kier alpha value is -0.850. The Morgan fingerprint density at radius 1 is 1.27 bits per heavy atom. The zero-order valence-corrected chi connectivity index (χ0v) is 7.19. The molecule has 60 valence electrons. The van der Waals surface area contributed by atoms with Crippen LogP contribution in [-0.2, 0) is 0 Å². The second-order valence-corrected chi connectivity index (χ2v) is 3.16. The van der Waals surface area contributed by atoms with Gasteiger partial charge in [-0.1, -0.05) is 19.9 Å². The lowest BCUT2D eigenvalue weighted by Crippen LogP contribution is -1.91. The van der Waals surface area contributed by atoms with Gasteiger partial charge in [-0.15, -0.1) is 0 Å². The van der Waals surface area contributed by atoms with Gasteiger partial charge in [0.15, 0.2) is 0 Å². The molecule has 0 aliphatic rings. The van der Waals surface area contributed by atoms with E-state index in [1.54, 1.807) is 6.07 Å². The highest BCUT2D eigenvalue weighted by atomic mass is 19.1. The highest BCUT2D eigenvalue weighted by Crippen LogP contribution is 2.18. The zero-order chi connectivity index (χ0) is 8.43. The van der Waals surface area contributed by atoms with Crippen molar-refractivity contribution in [1.82, 2.24) is 0 Å². The summed E-state index contributed by atoms with van der Waals surface area (Å²) in [5.41, 5.74) is 2.27. The van der Waals surface area contributed by atoms with Crippen LogP contribution in [0.1, 0.15) is 30.9 Å². The third-order valence-electron chi connectivity index (χ3n) is 1.85. The van der Waals surface area contributed by atoms with Crippen molar-refractivity contribution in [3.8, 4) is 0 Å². The van der Waals surface area contributed by atoms with Gasteiger partial charge in [0, 0.05) is 0 Å². The van der Waals surface area contributed by atoms with Crippen LogP contribution in [0.15, 0.2) is 18.2 Å². The zero-order valence-electron chi connectivity index (χ0n) is 7.19. The molecule has 0 heterocycles. The van der Waals surface area contributed by atoms with Gasteiger partial charge >= 0.3 is 0 Å². The summed E-state index contributed by atoms with van der Waals surface area (Å²) in [4.78, 5) is 0. The van der Waals surface area contributed by atoms with E-state index in [-0.39, 0.29) is 5.82 Å². The minimum absolute atomic E-state index is 0.146. The Bertz CT molecular complexity index is 251. The normalized spacial score (nSPS) is 10.6. The average molecular weight is 152 g/mol. The minimum Gasteiger partial charge on any atom is -0.207 e. The second kappa shape index (κ2) is 3.04. The van der Waals surface area contributed by atoms with Crippen LogP contribution in [-0.4, -0.2) is 0 Å².